The first kappa shape index (κ1) is 73.1. The summed E-state index contributed by atoms with van der Waals surface area (Å²) in [5.41, 5.74) is 0. The predicted octanol–water partition coefficient (Wildman–Crippen LogP) is 22.7. The largest absolute Gasteiger partial charge is 0.462 e. The van der Waals surface area contributed by atoms with Crippen LogP contribution in [0.15, 0.2) is 60.8 Å². The number of carbonyl (C=O) groups excluding carboxylic acids is 3. The summed E-state index contributed by atoms with van der Waals surface area (Å²) in [4.78, 5) is 38.2. The number of hydrogen-bond acceptors (Lipinski definition) is 6. The van der Waals surface area contributed by atoms with Gasteiger partial charge in [-0.1, -0.05) is 281 Å². The number of unbranched alkanes of at least 4 members (excludes halogenated alkanes) is 40. The maximum absolute atomic E-state index is 12.9. The van der Waals surface area contributed by atoms with Crippen molar-refractivity contribution in [2.45, 2.75) is 354 Å². The van der Waals surface area contributed by atoms with Gasteiger partial charge in [0.15, 0.2) is 6.10 Å². The maximum atomic E-state index is 12.9. The number of hydrogen-bond donors (Lipinski definition) is 0. The normalized spacial score (nSPS) is 12.4. The minimum absolute atomic E-state index is 0.0773. The Hall–Kier alpha value is -2.89. The molecule has 1 unspecified atom stereocenters. The molecule has 76 heavy (non-hydrogen) atoms. The Bertz CT molecular complexity index is 1360. The van der Waals surface area contributed by atoms with E-state index >= 15 is 0 Å². The number of allylic oxidation sites excluding steroid dienone is 10. The molecule has 0 saturated carbocycles. The standard InChI is InChI=1S/C70H126O6/c1-4-7-10-13-16-19-22-25-27-28-29-30-31-32-33-34-35-36-37-38-39-40-41-42-43-46-48-51-54-57-60-63-69(72)75-66-67(65-74-68(71)62-59-56-53-50-47-44-24-21-18-15-12-9-6-3)76-70(73)64-61-58-55-52-49-45-26-23-20-17-14-11-8-5-2/h21-26,28-29,31-32,67H,4-20,27,30,33-66H2,1-3H3/b24-21-,25-22-,26-23-,29-28-,32-31-. The zero-order chi connectivity index (χ0) is 55.0. The van der Waals surface area contributed by atoms with Gasteiger partial charge in [-0.05, 0) is 109 Å². The molecule has 0 aliphatic rings. The molecule has 0 aromatic carbocycles. The van der Waals surface area contributed by atoms with E-state index in [9.17, 15) is 14.4 Å². The van der Waals surface area contributed by atoms with Crippen molar-refractivity contribution in [2.24, 2.45) is 0 Å². The first-order chi connectivity index (χ1) is 37.5. The quantitative estimate of drug-likeness (QED) is 0.0261. The Morgan fingerprint density at radius 2 is 0.474 bits per heavy atom. The van der Waals surface area contributed by atoms with Gasteiger partial charge in [-0.25, -0.2) is 0 Å². The van der Waals surface area contributed by atoms with Gasteiger partial charge in [0.1, 0.15) is 13.2 Å². The molecule has 0 aromatic rings. The van der Waals surface area contributed by atoms with Crippen LogP contribution in [-0.2, 0) is 28.6 Å². The molecule has 0 bridgehead atoms. The van der Waals surface area contributed by atoms with Crippen molar-refractivity contribution in [3.63, 3.8) is 0 Å². The molecule has 0 aliphatic carbocycles. The third-order valence-electron chi connectivity index (χ3n) is 14.7. The van der Waals surface area contributed by atoms with E-state index in [1.165, 1.54) is 218 Å². The molecule has 0 aromatic heterocycles. The summed E-state index contributed by atoms with van der Waals surface area (Å²) < 4.78 is 16.9. The number of ether oxygens (including phenoxy) is 3. The van der Waals surface area contributed by atoms with Gasteiger partial charge in [0, 0.05) is 19.3 Å². The average Bonchev–Trinajstić information content (AvgIpc) is 3.42. The van der Waals surface area contributed by atoms with Crippen LogP contribution in [0.1, 0.15) is 348 Å². The Labute approximate surface area is 472 Å². The summed E-state index contributed by atoms with van der Waals surface area (Å²) in [5, 5.41) is 0. The van der Waals surface area contributed by atoms with Crippen LogP contribution >= 0.6 is 0 Å². The fourth-order valence-electron chi connectivity index (χ4n) is 9.68. The first-order valence-corrected chi connectivity index (χ1v) is 33.3. The van der Waals surface area contributed by atoms with E-state index in [1.807, 2.05) is 0 Å². The third-order valence-corrected chi connectivity index (χ3v) is 14.7. The molecule has 0 rings (SSSR count). The van der Waals surface area contributed by atoms with E-state index in [0.717, 1.165) is 89.9 Å². The lowest BCUT2D eigenvalue weighted by Gasteiger charge is -2.18. The van der Waals surface area contributed by atoms with E-state index in [0.29, 0.717) is 19.3 Å². The Morgan fingerprint density at radius 3 is 0.763 bits per heavy atom. The molecule has 0 spiro atoms. The molecule has 6 nitrogen and oxygen atoms in total. The van der Waals surface area contributed by atoms with Crippen LogP contribution in [0.3, 0.4) is 0 Å². The van der Waals surface area contributed by atoms with Crippen molar-refractivity contribution >= 4 is 17.9 Å². The van der Waals surface area contributed by atoms with E-state index in [4.69, 9.17) is 14.2 Å². The number of rotatable bonds is 61. The zero-order valence-electron chi connectivity index (χ0n) is 50.8. The van der Waals surface area contributed by atoms with Gasteiger partial charge < -0.3 is 14.2 Å². The summed E-state index contributed by atoms with van der Waals surface area (Å²) in [6.45, 7) is 6.63. The third kappa shape index (κ3) is 62.0. The molecule has 0 saturated heterocycles. The highest BCUT2D eigenvalue weighted by Gasteiger charge is 2.19. The van der Waals surface area contributed by atoms with Gasteiger partial charge in [0.2, 0.25) is 0 Å². The van der Waals surface area contributed by atoms with Crippen LogP contribution in [0, 0.1) is 0 Å². The highest BCUT2D eigenvalue weighted by atomic mass is 16.6. The summed E-state index contributed by atoms with van der Waals surface area (Å²) >= 11 is 0. The molecule has 0 radical (unpaired) electrons. The maximum Gasteiger partial charge on any atom is 0.306 e. The van der Waals surface area contributed by atoms with Crippen molar-refractivity contribution in [3.05, 3.63) is 60.8 Å². The number of carbonyl (C=O) groups is 3. The molecule has 0 aliphatic heterocycles. The molecule has 0 N–H and O–H groups in total. The SMILES string of the molecule is CCCCCC/C=C\CCCCCCCC(=O)OCC(COC(=O)CCCCCCCCCCCCCCCCCC/C=C\C/C=C\C/C=C\CCCCCCC)OC(=O)CCCCCCC/C=C\CCCCCCC. The summed E-state index contributed by atoms with van der Waals surface area (Å²) in [5.74, 6) is -0.879. The van der Waals surface area contributed by atoms with Crippen molar-refractivity contribution in [1.82, 2.24) is 0 Å². The van der Waals surface area contributed by atoms with Crippen LogP contribution < -0.4 is 0 Å². The molecule has 0 amide bonds. The second-order valence-corrected chi connectivity index (χ2v) is 22.4. The number of esters is 3. The van der Waals surface area contributed by atoms with E-state index < -0.39 is 6.10 Å². The smallest absolute Gasteiger partial charge is 0.306 e. The summed E-state index contributed by atoms with van der Waals surface area (Å²) in [7, 11) is 0. The van der Waals surface area contributed by atoms with Crippen molar-refractivity contribution in [1.29, 1.82) is 0 Å². The second-order valence-electron chi connectivity index (χ2n) is 22.4. The van der Waals surface area contributed by atoms with Gasteiger partial charge in [-0.15, -0.1) is 0 Å². The molecule has 442 valence electrons. The molecule has 6 heteroatoms. The average molecular weight is 1060 g/mol. The first-order valence-electron chi connectivity index (χ1n) is 33.3. The molecular weight excluding hydrogens is 937 g/mol. The molecule has 1 atom stereocenters. The van der Waals surface area contributed by atoms with Crippen LogP contribution in [0.2, 0.25) is 0 Å². The van der Waals surface area contributed by atoms with Gasteiger partial charge in [-0.2, -0.15) is 0 Å². The highest BCUT2D eigenvalue weighted by Crippen LogP contribution is 2.17. The van der Waals surface area contributed by atoms with Gasteiger partial charge in [0.05, 0.1) is 0 Å². The van der Waals surface area contributed by atoms with Crippen LogP contribution in [0.25, 0.3) is 0 Å². The predicted molar refractivity (Wildman–Crippen MR) is 330 cm³/mol. The van der Waals surface area contributed by atoms with Crippen molar-refractivity contribution in [3.8, 4) is 0 Å². The van der Waals surface area contributed by atoms with Crippen molar-refractivity contribution < 1.29 is 28.6 Å². The monoisotopic (exact) mass is 1060 g/mol. The summed E-state index contributed by atoms with van der Waals surface area (Å²) in [6.07, 6.45) is 82.4. The minimum Gasteiger partial charge on any atom is -0.462 e. The van der Waals surface area contributed by atoms with Crippen molar-refractivity contribution in [2.75, 3.05) is 13.2 Å². The van der Waals surface area contributed by atoms with Crippen LogP contribution in [0.4, 0.5) is 0 Å². The Balaban J connectivity index is 4.15. The topological polar surface area (TPSA) is 78.9 Å². The lowest BCUT2D eigenvalue weighted by molar-refractivity contribution is -0.167. The minimum atomic E-state index is -0.780. The van der Waals surface area contributed by atoms with Crippen LogP contribution in [-0.4, -0.2) is 37.2 Å². The van der Waals surface area contributed by atoms with E-state index in [2.05, 4.69) is 81.5 Å². The van der Waals surface area contributed by atoms with Crippen LogP contribution in [0.5, 0.6) is 0 Å². The fourth-order valence-corrected chi connectivity index (χ4v) is 9.68. The van der Waals surface area contributed by atoms with Gasteiger partial charge in [-0.3, -0.25) is 14.4 Å². The molecule has 0 heterocycles. The Kier molecular flexibility index (Phi) is 62.2. The highest BCUT2D eigenvalue weighted by molar-refractivity contribution is 5.71. The molecule has 0 fully saturated rings. The van der Waals surface area contributed by atoms with E-state index in [-0.39, 0.29) is 31.1 Å². The summed E-state index contributed by atoms with van der Waals surface area (Å²) in [6, 6.07) is 0. The van der Waals surface area contributed by atoms with Gasteiger partial charge in [0.25, 0.3) is 0 Å². The zero-order valence-corrected chi connectivity index (χ0v) is 50.8. The van der Waals surface area contributed by atoms with E-state index in [1.54, 1.807) is 0 Å². The second kappa shape index (κ2) is 64.6. The lowest BCUT2D eigenvalue weighted by Crippen LogP contribution is -2.30. The Morgan fingerprint density at radius 1 is 0.263 bits per heavy atom. The lowest BCUT2D eigenvalue weighted by atomic mass is 10.0. The molecular formula is C70H126O6. The van der Waals surface area contributed by atoms with Gasteiger partial charge >= 0.3 is 17.9 Å². The fraction of sp³-hybridized carbons (Fsp3) is 0.814.